The molecular formula is C10H14BrN3O. The Morgan fingerprint density at radius 1 is 1.67 bits per heavy atom. The minimum Gasteiger partial charge on any atom is -0.383 e. The Hall–Kier alpha value is -0.650. The molecule has 2 rings (SSSR count). The molecule has 0 unspecified atom stereocenters. The minimum atomic E-state index is 0.682. The highest BCUT2D eigenvalue weighted by Crippen LogP contribution is 2.25. The lowest BCUT2D eigenvalue weighted by Crippen LogP contribution is -2.12. The molecular weight excluding hydrogens is 258 g/mol. The molecule has 1 aromatic heterocycles. The van der Waals surface area contributed by atoms with Crippen LogP contribution in [0.15, 0.2) is 16.7 Å². The zero-order valence-corrected chi connectivity index (χ0v) is 10.2. The Bertz CT molecular complexity index is 373. The fraction of sp³-hybridized carbons (Fsp3) is 0.500. The standard InChI is InChI=1S/C10H14BrN3O/c1-15-5-4-14-10(9(11)7-13-14)8-2-3-12-6-8/h2,7,12H,3-6H2,1H3. The van der Waals surface area contributed by atoms with Crippen molar-refractivity contribution in [3.8, 4) is 0 Å². The Labute approximate surface area is 97.4 Å². The number of rotatable bonds is 4. The van der Waals surface area contributed by atoms with Gasteiger partial charge in [-0.2, -0.15) is 5.10 Å². The number of hydrogen-bond donors (Lipinski definition) is 1. The Kier molecular flexibility index (Phi) is 3.56. The molecule has 0 atom stereocenters. The first-order valence-electron chi connectivity index (χ1n) is 4.93. The van der Waals surface area contributed by atoms with Crippen molar-refractivity contribution in [3.05, 3.63) is 22.4 Å². The van der Waals surface area contributed by atoms with Crippen LogP contribution in [0.5, 0.6) is 0 Å². The molecule has 0 spiro atoms. The van der Waals surface area contributed by atoms with Gasteiger partial charge in [-0.15, -0.1) is 0 Å². The van der Waals surface area contributed by atoms with E-state index in [4.69, 9.17) is 4.74 Å². The number of ether oxygens (including phenoxy) is 1. The van der Waals surface area contributed by atoms with Crippen LogP contribution in [0.4, 0.5) is 0 Å². The van der Waals surface area contributed by atoms with E-state index in [9.17, 15) is 0 Å². The van der Waals surface area contributed by atoms with Crippen LogP contribution < -0.4 is 5.32 Å². The second-order valence-corrected chi connectivity index (χ2v) is 4.27. The van der Waals surface area contributed by atoms with E-state index in [-0.39, 0.29) is 0 Å². The van der Waals surface area contributed by atoms with Crippen LogP contribution in [0.3, 0.4) is 0 Å². The highest BCUT2D eigenvalue weighted by atomic mass is 79.9. The lowest BCUT2D eigenvalue weighted by molar-refractivity contribution is 0.183. The third kappa shape index (κ3) is 2.30. The van der Waals surface area contributed by atoms with Gasteiger partial charge in [0.2, 0.25) is 0 Å². The monoisotopic (exact) mass is 271 g/mol. The molecule has 0 bridgehead atoms. The summed E-state index contributed by atoms with van der Waals surface area (Å²) >= 11 is 3.53. The van der Waals surface area contributed by atoms with Gasteiger partial charge in [0.15, 0.2) is 0 Å². The molecule has 1 aromatic rings. The van der Waals surface area contributed by atoms with Crippen LogP contribution in [0, 0.1) is 0 Å². The highest BCUT2D eigenvalue weighted by Gasteiger charge is 2.15. The molecule has 1 aliphatic rings. The van der Waals surface area contributed by atoms with Crippen molar-refractivity contribution >= 4 is 21.5 Å². The minimum absolute atomic E-state index is 0.682. The molecule has 5 heteroatoms. The van der Waals surface area contributed by atoms with Gasteiger partial charge in [0.05, 0.1) is 29.5 Å². The van der Waals surface area contributed by atoms with Gasteiger partial charge in [-0.3, -0.25) is 4.68 Å². The smallest absolute Gasteiger partial charge is 0.0795 e. The molecule has 0 aliphatic carbocycles. The summed E-state index contributed by atoms with van der Waals surface area (Å²) in [5.74, 6) is 0. The van der Waals surface area contributed by atoms with Crippen molar-refractivity contribution in [1.82, 2.24) is 15.1 Å². The number of nitrogens with zero attached hydrogens (tertiary/aromatic N) is 2. The largest absolute Gasteiger partial charge is 0.383 e. The number of aromatic nitrogens is 2. The van der Waals surface area contributed by atoms with Crippen molar-refractivity contribution < 1.29 is 4.74 Å². The fourth-order valence-corrected chi connectivity index (χ4v) is 2.23. The third-order valence-electron chi connectivity index (χ3n) is 2.41. The summed E-state index contributed by atoms with van der Waals surface area (Å²) in [4.78, 5) is 0. The summed E-state index contributed by atoms with van der Waals surface area (Å²) in [6.07, 6.45) is 4.04. The molecule has 0 amide bonds. The average molecular weight is 272 g/mol. The van der Waals surface area contributed by atoms with Gasteiger partial charge >= 0.3 is 0 Å². The summed E-state index contributed by atoms with van der Waals surface area (Å²) in [6.45, 7) is 3.32. The molecule has 0 fully saturated rings. The second kappa shape index (κ2) is 4.92. The van der Waals surface area contributed by atoms with Crippen molar-refractivity contribution in [3.63, 3.8) is 0 Å². The van der Waals surface area contributed by atoms with Gasteiger partial charge in [0, 0.05) is 20.2 Å². The van der Waals surface area contributed by atoms with Crippen molar-refractivity contribution in [2.75, 3.05) is 26.8 Å². The maximum atomic E-state index is 5.06. The quantitative estimate of drug-likeness (QED) is 0.897. The van der Waals surface area contributed by atoms with E-state index in [0.717, 1.165) is 29.8 Å². The second-order valence-electron chi connectivity index (χ2n) is 3.42. The predicted molar refractivity (Wildman–Crippen MR) is 62.6 cm³/mol. The van der Waals surface area contributed by atoms with Crippen LogP contribution in [0.1, 0.15) is 5.69 Å². The van der Waals surface area contributed by atoms with Gasteiger partial charge in [-0.25, -0.2) is 0 Å². The van der Waals surface area contributed by atoms with Crippen LogP contribution in [-0.4, -0.2) is 36.6 Å². The molecule has 15 heavy (non-hydrogen) atoms. The van der Waals surface area contributed by atoms with Gasteiger partial charge in [0.25, 0.3) is 0 Å². The van der Waals surface area contributed by atoms with E-state index < -0.39 is 0 Å². The Morgan fingerprint density at radius 2 is 2.53 bits per heavy atom. The molecule has 0 radical (unpaired) electrons. The summed E-state index contributed by atoms with van der Waals surface area (Å²) in [5.41, 5.74) is 2.47. The lowest BCUT2D eigenvalue weighted by atomic mass is 10.2. The van der Waals surface area contributed by atoms with Crippen molar-refractivity contribution in [2.24, 2.45) is 0 Å². The maximum Gasteiger partial charge on any atom is 0.0795 e. The van der Waals surface area contributed by atoms with E-state index >= 15 is 0 Å². The van der Waals surface area contributed by atoms with E-state index in [1.54, 1.807) is 7.11 Å². The van der Waals surface area contributed by atoms with Gasteiger partial charge in [-0.1, -0.05) is 6.08 Å². The first kappa shape index (κ1) is 10.9. The first-order chi connectivity index (χ1) is 7.33. The van der Waals surface area contributed by atoms with Crippen LogP contribution in [-0.2, 0) is 11.3 Å². The van der Waals surface area contributed by atoms with E-state index in [1.165, 1.54) is 5.57 Å². The summed E-state index contributed by atoms with van der Waals surface area (Å²) in [5, 5.41) is 7.60. The highest BCUT2D eigenvalue weighted by molar-refractivity contribution is 9.10. The molecule has 4 nitrogen and oxygen atoms in total. The van der Waals surface area contributed by atoms with Crippen molar-refractivity contribution in [2.45, 2.75) is 6.54 Å². The summed E-state index contributed by atoms with van der Waals surface area (Å²) < 4.78 is 8.09. The van der Waals surface area contributed by atoms with Gasteiger partial charge < -0.3 is 10.1 Å². The molecule has 2 heterocycles. The molecule has 82 valence electrons. The molecule has 1 aliphatic heterocycles. The number of methoxy groups -OCH3 is 1. The van der Waals surface area contributed by atoms with Crippen LogP contribution >= 0.6 is 15.9 Å². The van der Waals surface area contributed by atoms with Crippen LogP contribution in [0.25, 0.3) is 5.57 Å². The topological polar surface area (TPSA) is 39.1 Å². The zero-order valence-electron chi connectivity index (χ0n) is 8.66. The summed E-state index contributed by atoms with van der Waals surface area (Å²) in [6, 6.07) is 0. The molecule has 0 saturated heterocycles. The van der Waals surface area contributed by atoms with Gasteiger partial charge in [-0.05, 0) is 21.5 Å². The Morgan fingerprint density at radius 3 is 3.20 bits per heavy atom. The van der Waals surface area contributed by atoms with E-state index in [2.05, 4.69) is 32.4 Å². The summed E-state index contributed by atoms with van der Waals surface area (Å²) in [7, 11) is 1.70. The average Bonchev–Trinajstić information content (AvgIpc) is 2.84. The molecule has 0 saturated carbocycles. The fourth-order valence-electron chi connectivity index (χ4n) is 1.68. The number of halogens is 1. The molecule has 0 aromatic carbocycles. The zero-order chi connectivity index (χ0) is 10.7. The first-order valence-corrected chi connectivity index (χ1v) is 5.72. The van der Waals surface area contributed by atoms with Crippen LogP contribution in [0.2, 0.25) is 0 Å². The predicted octanol–water partition coefficient (Wildman–Crippen LogP) is 1.28. The normalized spacial score (nSPS) is 15.7. The van der Waals surface area contributed by atoms with E-state index in [0.29, 0.717) is 6.61 Å². The number of nitrogens with one attached hydrogen (secondary N) is 1. The van der Waals surface area contributed by atoms with Crippen molar-refractivity contribution in [1.29, 1.82) is 0 Å². The Balaban J connectivity index is 2.23. The number of hydrogen-bond acceptors (Lipinski definition) is 3. The lowest BCUT2D eigenvalue weighted by Gasteiger charge is -2.08. The van der Waals surface area contributed by atoms with E-state index in [1.807, 2.05) is 10.9 Å². The maximum absolute atomic E-state index is 5.06. The SMILES string of the molecule is COCCn1ncc(Br)c1C1=CCNC1. The third-order valence-corrected chi connectivity index (χ3v) is 2.99. The molecule has 1 N–H and O–H groups in total. The van der Waals surface area contributed by atoms with Gasteiger partial charge in [0.1, 0.15) is 0 Å².